The summed E-state index contributed by atoms with van der Waals surface area (Å²) in [6, 6.07) is 10.1. The van der Waals surface area contributed by atoms with Crippen LogP contribution < -0.4 is 5.73 Å². The molecule has 2 aromatic rings. The molecule has 0 saturated carbocycles. The van der Waals surface area contributed by atoms with E-state index in [1.807, 2.05) is 46.1 Å². The fourth-order valence-corrected chi connectivity index (χ4v) is 3.56. The Bertz CT molecular complexity index is 741. The van der Waals surface area contributed by atoms with Crippen molar-refractivity contribution in [1.29, 1.82) is 0 Å². The molecule has 0 spiro atoms. The van der Waals surface area contributed by atoms with Gasteiger partial charge in [-0.2, -0.15) is 5.10 Å². The van der Waals surface area contributed by atoms with E-state index in [-0.39, 0.29) is 18.3 Å². The highest BCUT2D eigenvalue weighted by molar-refractivity contribution is 5.86. The van der Waals surface area contributed by atoms with Gasteiger partial charge in [-0.25, -0.2) is 4.68 Å². The standard InChI is InChI=1S/C18H22N4O2.ClH/c19-18(7-10-24-11-8-18)17(23)21-9-6-16-14(13-21)12-20-22(16)15-4-2-1-3-5-15;/h1-5,12H,6-11,13,19H2;1H. The smallest absolute Gasteiger partial charge is 0.243 e. The monoisotopic (exact) mass is 362 g/mol. The molecule has 0 aliphatic carbocycles. The zero-order valence-corrected chi connectivity index (χ0v) is 14.9. The summed E-state index contributed by atoms with van der Waals surface area (Å²) in [5.41, 5.74) is 8.93. The summed E-state index contributed by atoms with van der Waals surface area (Å²) in [5, 5.41) is 4.52. The first-order chi connectivity index (χ1) is 11.7. The number of hydrogen-bond donors (Lipinski definition) is 1. The minimum atomic E-state index is -0.773. The van der Waals surface area contributed by atoms with Crippen molar-refractivity contribution in [1.82, 2.24) is 14.7 Å². The molecule has 6 nitrogen and oxygen atoms in total. The molecule has 2 aliphatic rings. The minimum Gasteiger partial charge on any atom is -0.381 e. The number of para-hydroxylation sites is 1. The maximum Gasteiger partial charge on any atom is 0.243 e. The van der Waals surface area contributed by atoms with Crippen LogP contribution in [0.3, 0.4) is 0 Å². The first kappa shape index (κ1) is 17.9. The molecule has 0 bridgehead atoms. The van der Waals surface area contributed by atoms with E-state index < -0.39 is 5.54 Å². The quantitative estimate of drug-likeness (QED) is 0.882. The molecule has 0 unspecified atom stereocenters. The van der Waals surface area contributed by atoms with Gasteiger partial charge >= 0.3 is 0 Å². The van der Waals surface area contributed by atoms with Crippen molar-refractivity contribution in [3.05, 3.63) is 47.8 Å². The molecule has 134 valence electrons. The maximum absolute atomic E-state index is 12.9. The summed E-state index contributed by atoms with van der Waals surface area (Å²) in [7, 11) is 0. The second kappa shape index (κ2) is 7.15. The highest BCUT2D eigenvalue weighted by atomic mass is 35.5. The number of fused-ring (bicyclic) bond motifs is 1. The Hall–Kier alpha value is -1.89. The van der Waals surface area contributed by atoms with Gasteiger partial charge in [-0.3, -0.25) is 4.79 Å². The van der Waals surface area contributed by atoms with Crippen molar-refractivity contribution in [2.24, 2.45) is 5.73 Å². The summed E-state index contributed by atoms with van der Waals surface area (Å²) in [6.45, 7) is 2.39. The van der Waals surface area contributed by atoms with Crippen LogP contribution in [0, 0.1) is 0 Å². The Labute approximate surface area is 153 Å². The van der Waals surface area contributed by atoms with Crippen LogP contribution in [0.15, 0.2) is 36.5 Å². The van der Waals surface area contributed by atoms with Crippen molar-refractivity contribution in [2.75, 3.05) is 19.8 Å². The van der Waals surface area contributed by atoms with Gasteiger partial charge in [0.1, 0.15) is 0 Å². The van der Waals surface area contributed by atoms with Crippen LogP contribution in [0.25, 0.3) is 5.69 Å². The Morgan fingerprint density at radius 1 is 1.20 bits per heavy atom. The van der Waals surface area contributed by atoms with Crippen LogP contribution in [0.2, 0.25) is 0 Å². The molecule has 0 atom stereocenters. The van der Waals surface area contributed by atoms with Crippen LogP contribution >= 0.6 is 12.4 Å². The molecule has 3 heterocycles. The van der Waals surface area contributed by atoms with E-state index in [0.717, 1.165) is 17.7 Å². The zero-order valence-electron chi connectivity index (χ0n) is 14.1. The third-order valence-electron chi connectivity index (χ3n) is 5.03. The topological polar surface area (TPSA) is 73.4 Å². The fourth-order valence-electron chi connectivity index (χ4n) is 3.56. The van der Waals surface area contributed by atoms with Crippen LogP contribution in [-0.4, -0.2) is 45.9 Å². The van der Waals surface area contributed by atoms with E-state index in [2.05, 4.69) is 5.10 Å². The Morgan fingerprint density at radius 3 is 2.64 bits per heavy atom. The van der Waals surface area contributed by atoms with Gasteiger partial charge in [0.2, 0.25) is 5.91 Å². The van der Waals surface area contributed by atoms with E-state index >= 15 is 0 Å². The predicted molar refractivity (Wildman–Crippen MR) is 96.9 cm³/mol. The minimum absolute atomic E-state index is 0. The Balaban J connectivity index is 0.00000182. The number of amides is 1. The third-order valence-corrected chi connectivity index (χ3v) is 5.03. The van der Waals surface area contributed by atoms with Gasteiger partial charge in [-0.1, -0.05) is 18.2 Å². The van der Waals surface area contributed by atoms with Crippen molar-refractivity contribution < 1.29 is 9.53 Å². The molecule has 1 fully saturated rings. The molecule has 25 heavy (non-hydrogen) atoms. The van der Waals surface area contributed by atoms with Gasteiger partial charge in [0.05, 0.1) is 23.1 Å². The molecule has 0 radical (unpaired) electrons. The summed E-state index contributed by atoms with van der Waals surface area (Å²) in [4.78, 5) is 14.8. The van der Waals surface area contributed by atoms with Crippen LogP contribution in [0.5, 0.6) is 0 Å². The second-order valence-electron chi connectivity index (χ2n) is 6.61. The predicted octanol–water partition coefficient (Wildman–Crippen LogP) is 1.69. The van der Waals surface area contributed by atoms with Crippen molar-refractivity contribution in [3.63, 3.8) is 0 Å². The number of nitrogens with zero attached hydrogens (tertiary/aromatic N) is 3. The highest BCUT2D eigenvalue weighted by Crippen LogP contribution is 2.26. The number of carbonyl (C=O) groups excluding carboxylic acids is 1. The zero-order chi connectivity index (χ0) is 16.6. The summed E-state index contributed by atoms with van der Waals surface area (Å²) < 4.78 is 7.32. The molecule has 7 heteroatoms. The maximum atomic E-state index is 12.9. The summed E-state index contributed by atoms with van der Waals surface area (Å²) in [6.07, 6.45) is 3.86. The molecular formula is C18H23ClN4O2. The van der Waals surface area contributed by atoms with E-state index in [1.165, 1.54) is 5.69 Å². The summed E-state index contributed by atoms with van der Waals surface area (Å²) >= 11 is 0. The van der Waals surface area contributed by atoms with E-state index in [0.29, 0.717) is 39.1 Å². The lowest BCUT2D eigenvalue weighted by Gasteiger charge is -2.38. The van der Waals surface area contributed by atoms with E-state index in [4.69, 9.17) is 10.5 Å². The van der Waals surface area contributed by atoms with E-state index in [1.54, 1.807) is 0 Å². The lowest BCUT2D eigenvalue weighted by Crippen LogP contribution is -2.58. The SMILES string of the molecule is Cl.NC1(C(=O)N2CCc3c(cnn3-c3ccccc3)C2)CCOCC1. The van der Waals surface area contributed by atoms with Gasteiger partial charge in [-0.05, 0) is 25.0 Å². The molecule has 1 amide bonds. The van der Waals surface area contributed by atoms with Gasteiger partial charge in [0, 0.05) is 38.3 Å². The van der Waals surface area contributed by atoms with Crippen LogP contribution in [0.1, 0.15) is 24.1 Å². The molecule has 2 aliphatic heterocycles. The molecule has 2 N–H and O–H groups in total. The van der Waals surface area contributed by atoms with Crippen molar-refractivity contribution in [2.45, 2.75) is 31.3 Å². The number of halogens is 1. The first-order valence-corrected chi connectivity index (χ1v) is 8.45. The highest BCUT2D eigenvalue weighted by Gasteiger charge is 2.40. The van der Waals surface area contributed by atoms with Crippen LogP contribution in [0.4, 0.5) is 0 Å². The molecule has 1 saturated heterocycles. The summed E-state index contributed by atoms with van der Waals surface area (Å²) in [5.74, 6) is 0.0453. The fraction of sp³-hybridized carbons (Fsp3) is 0.444. The average Bonchev–Trinajstić information content (AvgIpc) is 3.05. The van der Waals surface area contributed by atoms with E-state index in [9.17, 15) is 4.79 Å². The van der Waals surface area contributed by atoms with Gasteiger partial charge in [0.25, 0.3) is 0 Å². The average molecular weight is 363 g/mol. The molecule has 1 aromatic carbocycles. The third kappa shape index (κ3) is 3.29. The Morgan fingerprint density at radius 2 is 1.92 bits per heavy atom. The number of aromatic nitrogens is 2. The van der Waals surface area contributed by atoms with Gasteiger partial charge < -0.3 is 15.4 Å². The normalized spacial score (nSPS) is 19.0. The second-order valence-corrected chi connectivity index (χ2v) is 6.61. The molecule has 4 rings (SSSR count). The number of nitrogens with two attached hydrogens (primary N) is 1. The van der Waals surface area contributed by atoms with Crippen molar-refractivity contribution >= 4 is 18.3 Å². The van der Waals surface area contributed by atoms with Gasteiger partial charge in [-0.15, -0.1) is 12.4 Å². The molecular weight excluding hydrogens is 340 g/mol. The van der Waals surface area contributed by atoms with Crippen LogP contribution in [-0.2, 0) is 22.5 Å². The largest absolute Gasteiger partial charge is 0.381 e. The number of hydrogen-bond acceptors (Lipinski definition) is 4. The first-order valence-electron chi connectivity index (χ1n) is 8.45. The number of rotatable bonds is 2. The lowest BCUT2D eigenvalue weighted by molar-refractivity contribution is -0.141. The van der Waals surface area contributed by atoms with Crippen molar-refractivity contribution in [3.8, 4) is 5.69 Å². The number of benzene rings is 1. The molecule has 1 aromatic heterocycles. The Kier molecular flexibility index (Phi) is 5.13. The number of carbonyl (C=O) groups is 1. The lowest BCUT2D eigenvalue weighted by atomic mass is 9.89. The number of ether oxygens (including phenoxy) is 1. The van der Waals surface area contributed by atoms with Gasteiger partial charge in [0.15, 0.2) is 0 Å².